The molecule has 3 rings (SSSR count). The molecule has 0 bridgehead atoms. The zero-order valence-electron chi connectivity index (χ0n) is 15.4. The lowest BCUT2D eigenvalue weighted by Crippen LogP contribution is -2.13. The number of hydrogen-bond donors (Lipinski definition) is 3. The molecule has 1 amide bonds. The number of anilines is 3. The van der Waals surface area contributed by atoms with Crippen LogP contribution < -0.4 is 16.8 Å². The van der Waals surface area contributed by atoms with Crippen molar-refractivity contribution in [2.45, 2.75) is 25.9 Å². The van der Waals surface area contributed by atoms with Crippen LogP contribution >= 0.6 is 11.3 Å². The maximum atomic E-state index is 12.9. The van der Waals surface area contributed by atoms with Gasteiger partial charge < -0.3 is 16.8 Å². The summed E-state index contributed by atoms with van der Waals surface area (Å²) in [6, 6.07) is 6.31. The number of fused-ring (bicyclic) bond motifs is 1. The number of nitrogens with two attached hydrogens (primary N) is 2. The van der Waals surface area contributed by atoms with Crippen LogP contribution in [0.15, 0.2) is 24.3 Å². The maximum absolute atomic E-state index is 12.9. The molecule has 1 aromatic carbocycles. The Kier molecular flexibility index (Phi) is 5.11. The molecule has 0 aliphatic carbocycles. The summed E-state index contributed by atoms with van der Waals surface area (Å²) in [6.07, 6.45) is -4.53. The Hall–Kier alpha value is -3.32. The molecule has 3 aromatic rings. The van der Waals surface area contributed by atoms with Gasteiger partial charge in [0, 0.05) is 11.1 Å². The molecule has 0 aliphatic rings. The zero-order valence-corrected chi connectivity index (χ0v) is 16.2. The predicted molar refractivity (Wildman–Crippen MR) is 107 cm³/mol. The summed E-state index contributed by atoms with van der Waals surface area (Å²) in [4.78, 5) is 17.3. The summed E-state index contributed by atoms with van der Waals surface area (Å²) >= 11 is 0.966. The number of nitriles is 1. The van der Waals surface area contributed by atoms with Crippen LogP contribution in [0.25, 0.3) is 10.2 Å². The summed E-state index contributed by atoms with van der Waals surface area (Å²) < 4.78 is 38.7. The normalized spacial score (nSPS) is 11.6. The van der Waals surface area contributed by atoms with Crippen LogP contribution in [0, 0.1) is 11.3 Å². The van der Waals surface area contributed by atoms with E-state index in [9.17, 15) is 23.2 Å². The standard InChI is InChI=1S/C19H16F3N5OS/c1-8(2)12-11(7-23)16(25)27-18-13(12)14(24)15(29-18)17(28)26-10-5-3-4-9(6-10)19(20,21)22/h3-6,8H,24H2,1-2H3,(H2,25,27)(H,26,28). The smallest absolute Gasteiger partial charge is 0.397 e. The topological polar surface area (TPSA) is 118 Å². The van der Waals surface area contributed by atoms with Crippen LogP contribution in [0.5, 0.6) is 0 Å². The highest BCUT2D eigenvalue weighted by Crippen LogP contribution is 2.41. The number of nitrogens with zero attached hydrogens (tertiary/aromatic N) is 2. The summed E-state index contributed by atoms with van der Waals surface area (Å²) in [5.74, 6) is -0.750. The number of amides is 1. The van der Waals surface area contributed by atoms with Gasteiger partial charge in [-0.15, -0.1) is 11.3 Å². The first kappa shape index (κ1) is 20.4. The number of carbonyl (C=O) groups is 1. The minimum atomic E-state index is -4.53. The second kappa shape index (κ2) is 7.25. The van der Waals surface area contributed by atoms with Crippen LogP contribution in [0.3, 0.4) is 0 Å². The fraction of sp³-hybridized carbons (Fsp3) is 0.211. The van der Waals surface area contributed by atoms with Crippen molar-refractivity contribution in [2.24, 2.45) is 0 Å². The fourth-order valence-electron chi connectivity index (χ4n) is 3.02. The lowest BCUT2D eigenvalue weighted by atomic mass is 9.95. The molecule has 2 heterocycles. The van der Waals surface area contributed by atoms with Crippen molar-refractivity contribution in [1.82, 2.24) is 4.98 Å². The molecule has 29 heavy (non-hydrogen) atoms. The van der Waals surface area contributed by atoms with Gasteiger partial charge in [-0.05, 0) is 29.7 Å². The minimum Gasteiger partial charge on any atom is -0.397 e. The highest BCUT2D eigenvalue weighted by molar-refractivity contribution is 7.21. The molecule has 6 nitrogen and oxygen atoms in total. The Bertz CT molecular complexity index is 1160. The van der Waals surface area contributed by atoms with Gasteiger partial charge in [-0.2, -0.15) is 18.4 Å². The zero-order chi connectivity index (χ0) is 21.5. The van der Waals surface area contributed by atoms with Gasteiger partial charge in [0.1, 0.15) is 21.6 Å². The molecule has 0 unspecified atom stereocenters. The monoisotopic (exact) mass is 419 g/mol. The molecule has 0 saturated carbocycles. The summed E-state index contributed by atoms with van der Waals surface area (Å²) in [7, 11) is 0. The number of benzene rings is 1. The molecular weight excluding hydrogens is 403 g/mol. The van der Waals surface area contributed by atoms with Crippen molar-refractivity contribution in [1.29, 1.82) is 5.26 Å². The molecule has 150 valence electrons. The minimum absolute atomic E-state index is 0.0176. The lowest BCUT2D eigenvalue weighted by molar-refractivity contribution is -0.137. The number of nitrogen functional groups attached to an aromatic ring is 2. The first-order chi connectivity index (χ1) is 13.5. The van der Waals surface area contributed by atoms with E-state index in [2.05, 4.69) is 10.3 Å². The SMILES string of the molecule is CC(C)c1c(C#N)c(N)nc2sc(C(=O)Nc3cccc(C(F)(F)F)c3)c(N)c12. The number of alkyl halides is 3. The van der Waals surface area contributed by atoms with E-state index in [0.29, 0.717) is 15.8 Å². The van der Waals surface area contributed by atoms with Gasteiger partial charge >= 0.3 is 6.18 Å². The van der Waals surface area contributed by atoms with E-state index < -0.39 is 17.6 Å². The van der Waals surface area contributed by atoms with Crippen molar-refractivity contribution in [3.05, 3.63) is 45.8 Å². The van der Waals surface area contributed by atoms with E-state index in [1.807, 2.05) is 19.9 Å². The second-order valence-electron chi connectivity index (χ2n) is 6.61. The molecule has 0 aliphatic heterocycles. The molecule has 0 radical (unpaired) electrons. The average Bonchev–Trinajstić information content (AvgIpc) is 2.96. The first-order valence-corrected chi connectivity index (χ1v) is 9.26. The predicted octanol–water partition coefficient (Wildman–Crippen LogP) is 4.73. The lowest BCUT2D eigenvalue weighted by Gasteiger charge is -2.12. The highest BCUT2D eigenvalue weighted by Gasteiger charge is 2.31. The second-order valence-corrected chi connectivity index (χ2v) is 7.61. The first-order valence-electron chi connectivity index (χ1n) is 8.44. The summed E-state index contributed by atoms with van der Waals surface area (Å²) in [5.41, 5.74) is 12.1. The maximum Gasteiger partial charge on any atom is 0.416 e. The quantitative estimate of drug-likeness (QED) is 0.567. The molecule has 0 saturated heterocycles. The molecule has 10 heteroatoms. The Morgan fingerprint density at radius 3 is 2.59 bits per heavy atom. The summed E-state index contributed by atoms with van der Waals surface area (Å²) in [6.45, 7) is 3.71. The molecule has 5 N–H and O–H groups in total. The third-order valence-electron chi connectivity index (χ3n) is 4.29. The van der Waals surface area contributed by atoms with Crippen LogP contribution in [-0.2, 0) is 6.18 Å². The van der Waals surface area contributed by atoms with E-state index in [0.717, 1.165) is 23.5 Å². The van der Waals surface area contributed by atoms with Crippen molar-refractivity contribution >= 4 is 44.7 Å². The fourth-order valence-corrected chi connectivity index (χ4v) is 4.04. The number of rotatable bonds is 3. The van der Waals surface area contributed by atoms with Gasteiger partial charge in [0.2, 0.25) is 0 Å². The molecule has 0 spiro atoms. The van der Waals surface area contributed by atoms with Gasteiger partial charge in [0.15, 0.2) is 0 Å². The van der Waals surface area contributed by atoms with E-state index in [-0.39, 0.29) is 33.6 Å². The number of nitrogens with one attached hydrogen (secondary N) is 1. The molecule has 0 atom stereocenters. The van der Waals surface area contributed by atoms with E-state index in [4.69, 9.17) is 11.5 Å². The van der Waals surface area contributed by atoms with Crippen molar-refractivity contribution in [3.8, 4) is 6.07 Å². The molecule has 2 aromatic heterocycles. The number of thiophene rings is 1. The van der Waals surface area contributed by atoms with Crippen molar-refractivity contribution < 1.29 is 18.0 Å². The largest absolute Gasteiger partial charge is 0.416 e. The Morgan fingerprint density at radius 1 is 1.31 bits per heavy atom. The van der Waals surface area contributed by atoms with E-state index >= 15 is 0 Å². The number of aromatic nitrogens is 1. The molecule has 0 fully saturated rings. The highest BCUT2D eigenvalue weighted by atomic mass is 32.1. The van der Waals surface area contributed by atoms with Gasteiger partial charge in [-0.1, -0.05) is 19.9 Å². The Labute approximate surface area is 168 Å². The third kappa shape index (κ3) is 3.69. The van der Waals surface area contributed by atoms with Crippen molar-refractivity contribution in [3.63, 3.8) is 0 Å². The van der Waals surface area contributed by atoms with Gasteiger partial charge in [-0.25, -0.2) is 4.98 Å². The van der Waals surface area contributed by atoms with Crippen LogP contribution in [-0.4, -0.2) is 10.9 Å². The van der Waals surface area contributed by atoms with Crippen LogP contribution in [0.1, 0.15) is 46.1 Å². The number of pyridine rings is 1. The van der Waals surface area contributed by atoms with Gasteiger partial charge in [0.05, 0.1) is 16.8 Å². The Morgan fingerprint density at radius 2 is 2.00 bits per heavy atom. The van der Waals surface area contributed by atoms with Gasteiger partial charge in [0.25, 0.3) is 5.91 Å². The summed E-state index contributed by atoms with van der Waals surface area (Å²) in [5, 5.41) is 12.3. The average molecular weight is 419 g/mol. The van der Waals surface area contributed by atoms with E-state index in [1.54, 1.807) is 0 Å². The van der Waals surface area contributed by atoms with Crippen LogP contribution in [0.4, 0.5) is 30.4 Å². The number of hydrogen-bond acceptors (Lipinski definition) is 6. The van der Waals surface area contributed by atoms with E-state index in [1.165, 1.54) is 12.1 Å². The number of halogens is 3. The van der Waals surface area contributed by atoms with Gasteiger partial charge in [-0.3, -0.25) is 4.79 Å². The number of carbonyl (C=O) groups excluding carboxylic acids is 1. The van der Waals surface area contributed by atoms with Crippen LogP contribution in [0.2, 0.25) is 0 Å². The third-order valence-corrected chi connectivity index (χ3v) is 5.38. The Balaban J connectivity index is 2.07. The van der Waals surface area contributed by atoms with Crippen molar-refractivity contribution in [2.75, 3.05) is 16.8 Å². The molecular formula is C19H16F3N5OS.